The van der Waals surface area contributed by atoms with Gasteiger partial charge >= 0.3 is 87.0 Å². The van der Waals surface area contributed by atoms with Crippen molar-refractivity contribution in [3.05, 3.63) is 122 Å². The van der Waals surface area contributed by atoms with Gasteiger partial charge in [0, 0.05) is 77.5 Å². The van der Waals surface area contributed by atoms with Gasteiger partial charge in [0.15, 0.2) is 17.3 Å². The number of imide groups is 1. The first-order valence-electron chi connectivity index (χ1n) is 29.1. The van der Waals surface area contributed by atoms with Crippen LogP contribution in [0, 0.1) is 31.0 Å². The standard InChI is InChI=1S/C57H64FN11O11S.C4H10N2O.CH3.Cs/c1-6-44(70)61-39-20-16-36(17-21-39)52(74)64-41-9-7-8-40(28-41)63-51-48(58)55(66-50-43(32(2)3)29-60-68(50)51)81-42-24-26-67(27-25-42)57(78)79-31-34-10-18-38(19-11-34)62-45(71)30-59-54(76)49(33(4)5)65-53(75)35-12-14-37(15-13-35)56(77)80-69-46(72)22-23-47(69)73;1-2-3-6-4(5)7;;/h6-11,16-21,28-29,32-33,35,37,42,49,63H,1,12-15,22-27,30-31H2,2-5H3,(H,59,76)(H,61,70)(H,62,71)(H,64,74)(H,65,75);2-3H2,1H3,(H3,5,6,7);1H3;/q;;-1;+1. The number of carbonyl (C=O) groups excluding carboxylic acids is 10. The summed E-state index contributed by atoms with van der Waals surface area (Å²) in [5, 5.41) is 24.3. The van der Waals surface area contributed by atoms with Crippen molar-refractivity contribution in [1.29, 1.82) is 0 Å². The van der Waals surface area contributed by atoms with E-state index in [1.165, 1.54) is 16.3 Å². The van der Waals surface area contributed by atoms with E-state index in [1.54, 1.807) is 97.7 Å². The molecule has 8 rings (SSSR count). The average molecular weight is 1380 g/mol. The summed E-state index contributed by atoms with van der Waals surface area (Å²) in [5.74, 6) is -5.87. The van der Waals surface area contributed by atoms with Crippen molar-refractivity contribution in [2.75, 3.05) is 47.4 Å². The average Bonchev–Trinajstić information content (AvgIpc) is 1.67. The molecule has 1 unspecified atom stereocenters. The van der Waals surface area contributed by atoms with E-state index in [4.69, 9.17) is 20.3 Å². The van der Waals surface area contributed by atoms with E-state index in [0.29, 0.717) is 103 Å². The van der Waals surface area contributed by atoms with Crippen molar-refractivity contribution in [1.82, 2.24) is 40.5 Å². The van der Waals surface area contributed by atoms with Gasteiger partial charge in [0.2, 0.25) is 23.6 Å². The van der Waals surface area contributed by atoms with Crippen molar-refractivity contribution >= 4 is 105 Å². The molecule has 10 amide bonds. The van der Waals surface area contributed by atoms with Gasteiger partial charge in [-0.05, 0) is 123 Å². The number of nitrogens with two attached hydrogens (primary N) is 1. The minimum atomic E-state index is -0.935. The van der Waals surface area contributed by atoms with Gasteiger partial charge in [-0.2, -0.15) is 14.0 Å². The summed E-state index contributed by atoms with van der Waals surface area (Å²) in [6, 6.07) is 18.5. The summed E-state index contributed by atoms with van der Waals surface area (Å²) in [6.07, 6.45) is 5.60. The number of likely N-dealkylation sites (tertiary alicyclic amines) is 1. The second kappa shape index (κ2) is 35.3. The van der Waals surface area contributed by atoms with Crippen LogP contribution in [0.2, 0.25) is 0 Å². The van der Waals surface area contributed by atoms with Crippen LogP contribution in [0.1, 0.15) is 120 Å². The Morgan fingerprint density at radius 1 is 0.811 bits per heavy atom. The number of rotatable bonds is 22. The molecular formula is C62H77CsFN13O12S. The number of amides is 10. The van der Waals surface area contributed by atoms with Crippen LogP contribution in [0.5, 0.6) is 0 Å². The number of ether oxygens (including phenoxy) is 1. The number of hydrogen-bond donors (Lipinski definition) is 8. The zero-order valence-electron chi connectivity index (χ0n) is 51.7. The molecule has 4 heterocycles. The number of halogens is 1. The van der Waals surface area contributed by atoms with Crippen LogP contribution < -0.4 is 112 Å². The van der Waals surface area contributed by atoms with Crippen LogP contribution in [0.15, 0.2) is 96.7 Å². The number of urea groups is 1. The third kappa shape index (κ3) is 20.9. The van der Waals surface area contributed by atoms with Crippen LogP contribution in [-0.2, 0) is 49.7 Å². The molecule has 28 heteroatoms. The third-order valence-corrected chi connectivity index (χ3v) is 15.9. The Kier molecular flexibility index (Phi) is 28.8. The van der Waals surface area contributed by atoms with Gasteiger partial charge in [-0.1, -0.05) is 71.2 Å². The van der Waals surface area contributed by atoms with E-state index >= 15 is 4.39 Å². The number of nitrogens with zero attached hydrogens (tertiary/aromatic N) is 5. The van der Waals surface area contributed by atoms with Gasteiger partial charge in [-0.3, -0.25) is 33.6 Å². The van der Waals surface area contributed by atoms with Gasteiger partial charge in [0.1, 0.15) is 17.7 Å². The normalized spacial score (nSPS) is 15.8. The minimum absolute atomic E-state index is 0. The molecule has 1 aliphatic carbocycles. The largest absolute Gasteiger partial charge is 1.00 e. The summed E-state index contributed by atoms with van der Waals surface area (Å²) < 4.78 is 23.8. The van der Waals surface area contributed by atoms with E-state index in [0.717, 1.165) is 18.1 Å². The second-order valence-electron chi connectivity index (χ2n) is 21.9. The molecule has 1 saturated carbocycles. The molecule has 3 fully saturated rings. The topological polar surface area (TPSA) is 336 Å². The van der Waals surface area contributed by atoms with Gasteiger partial charge in [0.25, 0.3) is 17.7 Å². The number of primary amides is 1. The Bertz CT molecular complexity index is 3370. The van der Waals surface area contributed by atoms with Crippen molar-refractivity contribution in [3.8, 4) is 0 Å². The summed E-state index contributed by atoms with van der Waals surface area (Å²) in [4.78, 5) is 135. The van der Waals surface area contributed by atoms with Crippen LogP contribution >= 0.6 is 11.8 Å². The fourth-order valence-electron chi connectivity index (χ4n) is 9.66. The first-order valence-corrected chi connectivity index (χ1v) is 29.9. The predicted molar refractivity (Wildman–Crippen MR) is 332 cm³/mol. The fourth-order valence-corrected chi connectivity index (χ4v) is 10.8. The first kappa shape index (κ1) is 73.4. The van der Waals surface area contributed by atoms with E-state index in [-0.39, 0.29) is 142 Å². The molecule has 476 valence electrons. The number of carbonyl (C=O) groups is 10. The quantitative estimate of drug-likeness (QED) is 0.0193. The fraction of sp³-hybridized carbons (Fsp3) is 0.403. The van der Waals surface area contributed by atoms with Crippen molar-refractivity contribution in [3.63, 3.8) is 0 Å². The number of benzene rings is 3. The summed E-state index contributed by atoms with van der Waals surface area (Å²) in [5.41, 5.74) is 8.94. The van der Waals surface area contributed by atoms with Crippen LogP contribution in [0.25, 0.3) is 5.65 Å². The number of aromatic nitrogens is 3. The first-order chi connectivity index (χ1) is 42.1. The molecule has 3 aromatic carbocycles. The number of piperidine rings is 1. The molecule has 25 nitrogen and oxygen atoms in total. The smallest absolute Gasteiger partial charge is 0.445 e. The Morgan fingerprint density at radius 3 is 2.03 bits per heavy atom. The van der Waals surface area contributed by atoms with Gasteiger partial charge < -0.3 is 64.9 Å². The SMILES string of the molecule is C=CC(=O)Nc1ccc(C(=O)Nc2cccc(Nc3c(F)c(SC4CCN(C(=O)OCc5ccc(NC(=O)CNC(=O)C(NC(=O)C6CCC(C(=O)ON7C(=O)CCC7=O)CC6)C(C)C)cc5)CC4)nc4c(C(C)C)cnn34)c2)cc1.CCCNC(N)=O.[CH3-].[Cs+]. The van der Waals surface area contributed by atoms with Crippen molar-refractivity contribution < 1.29 is 131 Å². The maximum Gasteiger partial charge on any atom is 1.00 e. The van der Waals surface area contributed by atoms with Crippen molar-refractivity contribution in [2.45, 2.75) is 121 Å². The van der Waals surface area contributed by atoms with Gasteiger partial charge in [0.05, 0.1) is 18.7 Å². The zero-order valence-corrected chi connectivity index (χ0v) is 58.7. The van der Waals surface area contributed by atoms with Gasteiger partial charge in [-0.25, -0.2) is 19.4 Å². The molecule has 2 saturated heterocycles. The van der Waals surface area contributed by atoms with E-state index < -0.39 is 71.3 Å². The van der Waals surface area contributed by atoms with Crippen LogP contribution in [-0.4, -0.2) is 121 Å². The maximum absolute atomic E-state index is 16.7. The molecule has 9 N–H and O–H groups in total. The van der Waals surface area contributed by atoms with E-state index in [1.807, 2.05) is 20.8 Å². The Balaban J connectivity index is 0.00000154. The summed E-state index contributed by atoms with van der Waals surface area (Å²) in [6.45, 7) is 13.9. The molecule has 2 aromatic heterocycles. The number of thioether (sulfide) groups is 1. The summed E-state index contributed by atoms with van der Waals surface area (Å²) in [7, 11) is 0. The van der Waals surface area contributed by atoms with E-state index in [2.05, 4.69) is 48.9 Å². The maximum atomic E-state index is 16.7. The van der Waals surface area contributed by atoms with Crippen LogP contribution in [0.3, 0.4) is 0 Å². The number of hydrogen-bond acceptors (Lipinski definition) is 16. The van der Waals surface area contributed by atoms with E-state index in [9.17, 15) is 47.9 Å². The molecule has 0 bridgehead atoms. The minimum Gasteiger partial charge on any atom is -0.445 e. The Hall–Kier alpha value is -7.35. The monoisotopic (exact) mass is 1380 g/mol. The molecule has 0 radical (unpaired) electrons. The van der Waals surface area contributed by atoms with Crippen molar-refractivity contribution in [2.24, 2.45) is 23.5 Å². The Labute approximate surface area is 584 Å². The Morgan fingerprint density at radius 2 is 1.43 bits per heavy atom. The number of anilines is 5. The molecule has 3 aliphatic rings. The molecule has 0 spiro atoms. The number of hydroxylamine groups is 2. The third-order valence-electron chi connectivity index (χ3n) is 14.6. The molecular weight excluding hydrogens is 1300 g/mol. The van der Waals surface area contributed by atoms with Crippen LogP contribution in [0.4, 0.5) is 42.5 Å². The van der Waals surface area contributed by atoms with Gasteiger partial charge in [-0.15, -0.1) is 5.06 Å². The molecule has 5 aromatic rings. The number of fused-ring (bicyclic) bond motifs is 1. The summed E-state index contributed by atoms with van der Waals surface area (Å²) >= 11 is 1.29. The molecule has 2 aliphatic heterocycles. The zero-order chi connectivity index (χ0) is 63.6. The molecule has 1 atom stereocenters. The second-order valence-corrected chi connectivity index (χ2v) is 23.2. The predicted octanol–water partition coefficient (Wildman–Crippen LogP) is 5.13. The molecule has 90 heavy (non-hydrogen) atoms. The number of nitrogens with one attached hydrogen (secondary N) is 7.